The number of methoxy groups -OCH3 is 1. The van der Waals surface area contributed by atoms with Crippen molar-refractivity contribution in [1.82, 2.24) is 4.98 Å². The van der Waals surface area contributed by atoms with E-state index in [1.807, 2.05) is 12.1 Å². The minimum Gasteiger partial charge on any atom is -0.496 e. The normalized spacial score (nSPS) is 10.4. The molecule has 2 aromatic rings. The maximum absolute atomic E-state index is 11.6. The van der Waals surface area contributed by atoms with Gasteiger partial charge in [-0.05, 0) is 24.1 Å². The minimum absolute atomic E-state index is 0.0183. The van der Waals surface area contributed by atoms with Crippen molar-refractivity contribution in [3.8, 4) is 16.2 Å². The Morgan fingerprint density at radius 2 is 2.22 bits per heavy atom. The molecule has 2 rings (SSSR count). The summed E-state index contributed by atoms with van der Waals surface area (Å²) in [6.45, 7) is 3.64. The van der Waals surface area contributed by atoms with Crippen LogP contribution in [0.1, 0.15) is 29.9 Å². The molecule has 0 spiro atoms. The fourth-order valence-corrected chi connectivity index (χ4v) is 2.70. The molecule has 0 saturated heterocycles. The van der Waals surface area contributed by atoms with Crippen LogP contribution in [0.5, 0.6) is 5.75 Å². The smallest absolute Gasteiger partial charge is 0.179 e. The van der Waals surface area contributed by atoms with Crippen molar-refractivity contribution < 1.29 is 9.53 Å². The van der Waals surface area contributed by atoms with Crippen LogP contribution < -0.4 is 4.74 Å². The molecule has 0 unspecified atom stereocenters. The highest BCUT2D eigenvalue weighted by Crippen LogP contribution is 2.36. The van der Waals surface area contributed by atoms with Crippen molar-refractivity contribution in [2.24, 2.45) is 0 Å². The van der Waals surface area contributed by atoms with E-state index in [9.17, 15) is 4.79 Å². The Bertz CT molecular complexity index is 575. The SMILES string of the molecule is CCc1ccc(OC)c(-c2scnc2C(C)=O)c1. The summed E-state index contributed by atoms with van der Waals surface area (Å²) in [4.78, 5) is 16.6. The third-order valence-electron chi connectivity index (χ3n) is 2.82. The monoisotopic (exact) mass is 261 g/mol. The van der Waals surface area contributed by atoms with Crippen molar-refractivity contribution in [2.75, 3.05) is 7.11 Å². The average molecular weight is 261 g/mol. The maximum atomic E-state index is 11.6. The Morgan fingerprint density at radius 3 is 2.83 bits per heavy atom. The molecule has 0 N–H and O–H groups in total. The number of ether oxygens (including phenoxy) is 1. The lowest BCUT2D eigenvalue weighted by Gasteiger charge is -2.09. The number of Topliss-reactive ketones (excluding diaryl/α,β-unsaturated/α-hetero) is 1. The minimum atomic E-state index is -0.0183. The van der Waals surface area contributed by atoms with Crippen LogP contribution in [0.3, 0.4) is 0 Å². The number of carbonyl (C=O) groups is 1. The third-order valence-corrected chi connectivity index (χ3v) is 3.68. The van der Waals surface area contributed by atoms with Gasteiger partial charge in [-0.2, -0.15) is 0 Å². The zero-order valence-electron chi connectivity index (χ0n) is 10.7. The summed E-state index contributed by atoms with van der Waals surface area (Å²) in [5.74, 6) is 0.758. The Balaban J connectivity index is 2.61. The molecule has 0 radical (unpaired) electrons. The predicted molar refractivity (Wildman–Crippen MR) is 73.5 cm³/mol. The van der Waals surface area contributed by atoms with Crippen molar-refractivity contribution in [3.63, 3.8) is 0 Å². The van der Waals surface area contributed by atoms with Gasteiger partial charge < -0.3 is 4.74 Å². The summed E-state index contributed by atoms with van der Waals surface area (Å²) in [6, 6.07) is 6.05. The fraction of sp³-hybridized carbons (Fsp3) is 0.286. The highest BCUT2D eigenvalue weighted by molar-refractivity contribution is 7.13. The standard InChI is InChI=1S/C14H15NO2S/c1-4-10-5-6-12(17-3)11(7-10)14-13(9(2)16)15-8-18-14/h5-8H,4H2,1-3H3. The van der Waals surface area contributed by atoms with E-state index in [0.29, 0.717) is 5.69 Å². The zero-order valence-corrected chi connectivity index (χ0v) is 11.5. The zero-order chi connectivity index (χ0) is 13.1. The lowest BCUT2D eigenvalue weighted by Crippen LogP contribution is -1.96. The first-order chi connectivity index (χ1) is 8.67. The number of benzene rings is 1. The van der Waals surface area contributed by atoms with Crippen LogP contribution in [-0.2, 0) is 6.42 Å². The molecule has 0 aliphatic heterocycles. The molecule has 0 fully saturated rings. The highest BCUT2D eigenvalue weighted by atomic mass is 32.1. The second kappa shape index (κ2) is 5.31. The van der Waals surface area contributed by atoms with Gasteiger partial charge in [0, 0.05) is 12.5 Å². The Kier molecular flexibility index (Phi) is 3.77. The number of aryl methyl sites for hydroxylation is 1. The van der Waals surface area contributed by atoms with E-state index in [0.717, 1.165) is 22.6 Å². The lowest BCUT2D eigenvalue weighted by atomic mass is 10.0. The number of thiazole rings is 1. The van der Waals surface area contributed by atoms with Gasteiger partial charge in [0.1, 0.15) is 11.4 Å². The molecule has 0 aliphatic rings. The summed E-state index contributed by atoms with van der Waals surface area (Å²) in [6.07, 6.45) is 0.950. The van der Waals surface area contributed by atoms with Crippen molar-refractivity contribution in [2.45, 2.75) is 20.3 Å². The van der Waals surface area contributed by atoms with Crippen LogP contribution in [0, 0.1) is 0 Å². The van der Waals surface area contributed by atoms with E-state index in [4.69, 9.17) is 4.74 Å². The number of carbonyl (C=O) groups excluding carboxylic acids is 1. The number of aromatic nitrogens is 1. The first-order valence-electron chi connectivity index (χ1n) is 5.79. The predicted octanol–water partition coefficient (Wildman–Crippen LogP) is 3.58. The first kappa shape index (κ1) is 12.8. The summed E-state index contributed by atoms with van der Waals surface area (Å²) in [5.41, 5.74) is 4.38. The van der Waals surface area contributed by atoms with Gasteiger partial charge in [0.2, 0.25) is 0 Å². The van der Waals surface area contributed by atoms with Crippen molar-refractivity contribution in [3.05, 3.63) is 35.0 Å². The summed E-state index contributed by atoms with van der Waals surface area (Å²) < 4.78 is 5.37. The van der Waals surface area contributed by atoms with E-state index < -0.39 is 0 Å². The third kappa shape index (κ3) is 2.29. The second-order valence-corrected chi connectivity index (χ2v) is 4.83. The second-order valence-electron chi connectivity index (χ2n) is 3.97. The largest absolute Gasteiger partial charge is 0.496 e. The number of rotatable bonds is 4. The molecule has 0 bridgehead atoms. The molecule has 1 aromatic heterocycles. The van der Waals surface area contributed by atoms with Crippen molar-refractivity contribution >= 4 is 17.1 Å². The van der Waals surface area contributed by atoms with Gasteiger partial charge >= 0.3 is 0 Å². The van der Waals surface area contributed by atoms with Gasteiger partial charge in [-0.1, -0.05) is 13.0 Å². The van der Waals surface area contributed by atoms with Crippen LogP contribution in [-0.4, -0.2) is 17.9 Å². The molecular formula is C14H15NO2S. The van der Waals surface area contributed by atoms with Crippen LogP contribution in [0.15, 0.2) is 23.7 Å². The molecular weight excluding hydrogens is 246 g/mol. The molecule has 3 nitrogen and oxygen atoms in total. The van der Waals surface area contributed by atoms with E-state index in [1.54, 1.807) is 12.6 Å². The molecule has 0 saturated carbocycles. The summed E-state index contributed by atoms with van der Waals surface area (Å²) in [7, 11) is 1.64. The van der Waals surface area contributed by atoms with Crippen LogP contribution in [0.2, 0.25) is 0 Å². The average Bonchev–Trinajstić information content (AvgIpc) is 2.87. The topological polar surface area (TPSA) is 39.2 Å². The van der Waals surface area contributed by atoms with Crippen LogP contribution in [0.25, 0.3) is 10.4 Å². The first-order valence-corrected chi connectivity index (χ1v) is 6.67. The summed E-state index contributed by atoms with van der Waals surface area (Å²) >= 11 is 1.47. The molecule has 0 aliphatic carbocycles. The van der Waals surface area contributed by atoms with Gasteiger partial charge in [0.15, 0.2) is 5.78 Å². The van der Waals surface area contributed by atoms with Crippen LogP contribution >= 0.6 is 11.3 Å². The molecule has 0 atom stereocenters. The van der Waals surface area contributed by atoms with Gasteiger partial charge in [-0.25, -0.2) is 4.98 Å². The highest BCUT2D eigenvalue weighted by Gasteiger charge is 2.16. The summed E-state index contributed by atoms with van der Waals surface area (Å²) in [5, 5.41) is 0. The van der Waals surface area contributed by atoms with Gasteiger partial charge in [0.05, 0.1) is 17.5 Å². The van der Waals surface area contributed by atoms with E-state index in [2.05, 4.69) is 18.0 Å². The van der Waals surface area contributed by atoms with Gasteiger partial charge in [0.25, 0.3) is 0 Å². The van der Waals surface area contributed by atoms with E-state index in [1.165, 1.54) is 23.8 Å². The number of ketones is 1. The van der Waals surface area contributed by atoms with Crippen LogP contribution in [0.4, 0.5) is 0 Å². The molecule has 0 amide bonds. The van der Waals surface area contributed by atoms with E-state index in [-0.39, 0.29) is 5.78 Å². The molecule has 4 heteroatoms. The molecule has 1 aromatic carbocycles. The number of nitrogens with zero attached hydrogens (tertiary/aromatic N) is 1. The Labute approximate surface area is 110 Å². The Morgan fingerprint density at radius 1 is 1.44 bits per heavy atom. The number of hydrogen-bond acceptors (Lipinski definition) is 4. The molecule has 94 valence electrons. The fourth-order valence-electron chi connectivity index (χ4n) is 1.84. The number of hydrogen-bond donors (Lipinski definition) is 0. The van der Waals surface area contributed by atoms with Gasteiger partial charge in [-0.15, -0.1) is 11.3 Å². The Hall–Kier alpha value is -1.68. The lowest BCUT2D eigenvalue weighted by molar-refractivity contribution is 0.101. The quantitative estimate of drug-likeness (QED) is 0.790. The molecule has 18 heavy (non-hydrogen) atoms. The molecule has 1 heterocycles. The maximum Gasteiger partial charge on any atom is 0.179 e. The van der Waals surface area contributed by atoms with E-state index >= 15 is 0 Å². The van der Waals surface area contributed by atoms with Gasteiger partial charge in [-0.3, -0.25) is 4.79 Å². The van der Waals surface area contributed by atoms with Crippen molar-refractivity contribution in [1.29, 1.82) is 0 Å².